The summed E-state index contributed by atoms with van der Waals surface area (Å²) in [5.41, 5.74) is 13.5. The Morgan fingerprint density at radius 1 is 0.611 bits per heavy atom. The van der Waals surface area contributed by atoms with Crippen LogP contribution in [0.1, 0.15) is 88.5 Å². The second kappa shape index (κ2) is 8.73. The van der Waals surface area contributed by atoms with Crippen LogP contribution in [0.4, 0.5) is 0 Å². The van der Waals surface area contributed by atoms with E-state index in [1.54, 1.807) is 0 Å². The van der Waals surface area contributed by atoms with Crippen molar-refractivity contribution in [3.05, 3.63) is 101 Å². The molecular formula is C35H37N. The van der Waals surface area contributed by atoms with E-state index in [2.05, 4.69) is 107 Å². The highest BCUT2D eigenvalue weighted by Crippen LogP contribution is 2.54. The molecule has 182 valence electrons. The Morgan fingerprint density at radius 3 is 1.97 bits per heavy atom. The Kier molecular flexibility index (Phi) is 5.63. The molecule has 4 aromatic rings. The highest BCUT2D eigenvalue weighted by atomic mass is 14.7. The van der Waals surface area contributed by atoms with Crippen LogP contribution in [0.2, 0.25) is 0 Å². The van der Waals surface area contributed by atoms with Crippen LogP contribution in [0.3, 0.4) is 0 Å². The number of aromatic nitrogens is 1. The Bertz CT molecular complexity index is 1430. The van der Waals surface area contributed by atoms with Crippen molar-refractivity contribution in [2.75, 3.05) is 0 Å². The summed E-state index contributed by atoms with van der Waals surface area (Å²) < 4.78 is 0. The summed E-state index contributed by atoms with van der Waals surface area (Å²) in [6.07, 6.45) is 7.37. The van der Waals surface area contributed by atoms with Crippen molar-refractivity contribution in [2.45, 2.75) is 77.0 Å². The molecule has 2 aliphatic rings. The van der Waals surface area contributed by atoms with Crippen molar-refractivity contribution in [3.63, 3.8) is 0 Å². The van der Waals surface area contributed by atoms with E-state index in [0.29, 0.717) is 0 Å². The molecule has 0 saturated carbocycles. The van der Waals surface area contributed by atoms with Crippen LogP contribution >= 0.6 is 0 Å². The number of pyridine rings is 1. The molecule has 0 N–H and O–H groups in total. The van der Waals surface area contributed by atoms with Crippen molar-refractivity contribution in [2.24, 2.45) is 0 Å². The summed E-state index contributed by atoms with van der Waals surface area (Å²) >= 11 is 0. The summed E-state index contributed by atoms with van der Waals surface area (Å²) in [5.74, 6) is 0. The molecule has 6 rings (SSSR count). The Morgan fingerprint density at radius 2 is 1.25 bits per heavy atom. The van der Waals surface area contributed by atoms with E-state index in [-0.39, 0.29) is 10.8 Å². The number of unbranched alkanes of at least 4 members (excludes halogenated alkanes) is 2. The predicted molar refractivity (Wildman–Crippen MR) is 153 cm³/mol. The van der Waals surface area contributed by atoms with E-state index in [1.165, 1.54) is 88.7 Å². The lowest BCUT2D eigenvalue weighted by Crippen LogP contribution is -2.25. The molecule has 0 saturated heterocycles. The monoisotopic (exact) mass is 471 g/mol. The average Bonchev–Trinajstić information content (AvgIpc) is 3.32. The summed E-state index contributed by atoms with van der Waals surface area (Å²) in [5, 5.41) is 0. The van der Waals surface area contributed by atoms with Gasteiger partial charge in [0.2, 0.25) is 0 Å². The fourth-order valence-corrected chi connectivity index (χ4v) is 6.95. The van der Waals surface area contributed by atoms with Crippen molar-refractivity contribution < 1.29 is 0 Å². The first-order valence-electron chi connectivity index (χ1n) is 13.9. The van der Waals surface area contributed by atoms with Crippen LogP contribution in [0.15, 0.2) is 78.9 Å². The quantitative estimate of drug-likeness (QED) is 0.261. The maximum atomic E-state index is 5.40. The zero-order chi connectivity index (χ0) is 24.9. The van der Waals surface area contributed by atoms with E-state index in [1.807, 2.05) is 0 Å². The second-order valence-electron chi connectivity index (χ2n) is 11.4. The van der Waals surface area contributed by atoms with Gasteiger partial charge in [-0.25, -0.2) is 4.98 Å². The van der Waals surface area contributed by atoms with Gasteiger partial charge in [-0.2, -0.15) is 0 Å². The summed E-state index contributed by atoms with van der Waals surface area (Å²) in [6, 6.07) is 29.6. The molecule has 0 radical (unpaired) electrons. The van der Waals surface area contributed by atoms with Crippen LogP contribution in [-0.4, -0.2) is 4.98 Å². The third-order valence-electron chi connectivity index (χ3n) is 8.90. The van der Waals surface area contributed by atoms with Crippen LogP contribution in [0.5, 0.6) is 0 Å². The molecule has 0 spiro atoms. The lowest BCUT2D eigenvalue weighted by molar-refractivity contribution is 0.414. The van der Waals surface area contributed by atoms with Crippen LogP contribution in [0.25, 0.3) is 33.6 Å². The lowest BCUT2D eigenvalue weighted by atomic mass is 9.71. The molecule has 0 unspecified atom stereocenters. The van der Waals surface area contributed by atoms with Gasteiger partial charge in [-0.05, 0) is 58.4 Å². The van der Waals surface area contributed by atoms with Gasteiger partial charge < -0.3 is 0 Å². The minimum Gasteiger partial charge on any atom is -0.247 e. The molecule has 0 fully saturated rings. The van der Waals surface area contributed by atoms with Gasteiger partial charge >= 0.3 is 0 Å². The summed E-state index contributed by atoms with van der Waals surface area (Å²) in [6.45, 7) is 9.32. The van der Waals surface area contributed by atoms with Crippen molar-refractivity contribution in [1.29, 1.82) is 0 Å². The van der Waals surface area contributed by atoms with Gasteiger partial charge in [-0.15, -0.1) is 0 Å². The highest BCUT2D eigenvalue weighted by molar-refractivity contribution is 5.84. The summed E-state index contributed by atoms with van der Waals surface area (Å²) in [4.78, 5) is 5.40. The normalized spacial score (nSPS) is 15.8. The average molecular weight is 472 g/mol. The zero-order valence-corrected chi connectivity index (χ0v) is 22.2. The highest BCUT2D eigenvalue weighted by Gasteiger charge is 2.43. The Hall–Kier alpha value is -3.19. The minimum atomic E-state index is 0.000717. The number of hydrogen-bond acceptors (Lipinski definition) is 1. The van der Waals surface area contributed by atoms with Gasteiger partial charge in [0, 0.05) is 22.0 Å². The number of fused-ring (bicyclic) bond motifs is 6. The molecule has 1 heterocycles. The molecular weight excluding hydrogens is 434 g/mol. The van der Waals surface area contributed by atoms with E-state index in [9.17, 15) is 0 Å². The Labute approximate surface area is 216 Å². The van der Waals surface area contributed by atoms with Crippen LogP contribution in [0, 0.1) is 0 Å². The number of rotatable bonds is 7. The van der Waals surface area contributed by atoms with Gasteiger partial charge in [0.15, 0.2) is 0 Å². The standard InChI is InChI=1S/C35H37N/c1-5-7-21-35(22-8-6-2)29-16-12-10-14-27(29)33-30(35)19-20-32(36-33)24-17-18-26-25-13-9-11-15-28(25)34(3,4)31(26)23-24/h9-20,23H,5-8,21-22H2,1-4H3. The topological polar surface area (TPSA) is 12.9 Å². The predicted octanol–water partition coefficient (Wildman–Crippen LogP) is 9.70. The first kappa shape index (κ1) is 23.2. The third-order valence-corrected chi connectivity index (χ3v) is 8.90. The molecule has 1 nitrogen and oxygen atoms in total. The molecule has 3 aromatic carbocycles. The smallest absolute Gasteiger partial charge is 0.0753 e. The molecule has 1 aromatic heterocycles. The van der Waals surface area contributed by atoms with Gasteiger partial charge in [-0.1, -0.05) is 120 Å². The van der Waals surface area contributed by atoms with Crippen molar-refractivity contribution in [1.82, 2.24) is 4.98 Å². The van der Waals surface area contributed by atoms with Crippen LogP contribution < -0.4 is 0 Å². The molecule has 0 aliphatic heterocycles. The van der Waals surface area contributed by atoms with Gasteiger partial charge in [-0.3, -0.25) is 0 Å². The number of nitrogens with zero attached hydrogens (tertiary/aromatic N) is 1. The van der Waals surface area contributed by atoms with E-state index in [0.717, 1.165) is 5.69 Å². The van der Waals surface area contributed by atoms with E-state index < -0.39 is 0 Å². The largest absolute Gasteiger partial charge is 0.247 e. The second-order valence-corrected chi connectivity index (χ2v) is 11.4. The molecule has 36 heavy (non-hydrogen) atoms. The minimum absolute atomic E-state index is 0.000717. The zero-order valence-electron chi connectivity index (χ0n) is 22.2. The van der Waals surface area contributed by atoms with E-state index in [4.69, 9.17) is 4.98 Å². The number of benzene rings is 3. The maximum Gasteiger partial charge on any atom is 0.0753 e. The van der Waals surface area contributed by atoms with E-state index >= 15 is 0 Å². The van der Waals surface area contributed by atoms with Gasteiger partial charge in [0.05, 0.1) is 11.4 Å². The lowest BCUT2D eigenvalue weighted by Gasteiger charge is -2.32. The van der Waals surface area contributed by atoms with Gasteiger partial charge in [0.25, 0.3) is 0 Å². The third kappa shape index (κ3) is 3.32. The van der Waals surface area contributed by atoms with Gasteiger partial charge in [0.1, 0.15) is 0 Å². The SMILES string of the molecule is CCCCC1(CCCC)c2ccccc2-c2nc(-c3ccc4c(c3)C(C)(C)c3ccccc3-4)ccc21. The van der Waals surface area contributed by atoms with Crippen LogP contribution in [-0.2, 0) is 10.8 Å². The fraction of sp³-hybridized carbons (Fsp3) is 0.343. The van der Waals surface area contributed by atoms with Crippen molar-refractivity contribution in [3.8, 4) is 33.6 Å². The Balaban J connectivity index is 1.48. The molecule has 2 aliphatic carbocycles. The molecule has 0 atom stereocenters. The molecule has 0 bridgehead atoms. The fourth-order valence-electron chi connectivity index (χ4n) is 6.95. The first-order chi connectivity index (χ1) is 17.5. The van der Waals surface area contributed by atoms with Crippen molar-refractivity contribution >= 4 is 0 Å². The first-order valence-corrected chi connectivity index (χ1v) is 13.9. The molecule has 1 heteroatoms. The summed E-state index contributed by atoms with van der Waals surface area (Å²) in [7, 11) is 0. The molecule has 0 amide bonds. The maximum absolute atomic E-state index is 5.40. The number of hydrogen-bond donors (Lipinski definition) is 0.